The third kappa shape index (κ3) is 2.38. The van der Waals surface area contributed by atoms with Gasteiger partial charge in [-0.25, -0.2) is 0 Å². The van der Waals surface area contributed by atoms with Crippen molar-refractivity contribution in [2.45, 2.75) is 24.8 Å². The van der Waals surface area contributed by atoms with Crippen molar-refractivity contribution in [3.05, 3.63) is 39.9 Å². The van der Waals surface area contributed by atoms with Crippen molar-refractivity contribution < 1.29 is 9.72 Å². The Kier molecular flexibility index (Phi) is 3.65. The topological polar surface area (TPSA) is 72.2 Å². The summed E-state index contributed by atoms with van der Waals surface area (Å²) in [7, 11) is 0. The number of nitrogens with one attached hydrogen (secondary N) is 1. The van der Waals surface area contributed by atoms with Gasteiger partial charge in [0.25, 0.3) is 11.6 Å². The zero-order chi connectivity index (χ0) is 13.2. The molecule has 1 aromatic rings. The highest BCUT2D eigenvalue weighted by Crippen LogP contribution is 2.34. The summed E-state index contributed by atoms with van der Waals surface area (Å²) in [5, 5.41) is 14.4. The number of nitrogens with zero attached hydrogens (tertiary/aromatic N) is 1. The summed E-state index contributed by atoms with van der Waals surface area (Å²) in [6, 6.07) is 6.01. The van der Waals surface area contributed by atoms with Gasteiger partial charge in [-0.05, 0) is 25.3 Å². The molecule has 18 heavy (non-hydrogen) atoms. The summed E-state index contributed by atoms with van der Waals surface area (Å²) < 4.78 is 0. The fourth-order valence-corrected chi connectivity index (χ4v) is 2.73. The molecule has 0 bridgehead atoms. The molecule has 1 saturated carbocycles. The van der Waals surface area contributed by atoms with E-state index >= 15 is 0 Å². The van der Waals surface area contributed by atoms with Crippen LogP contribution in [-0.2, 0) is 0 Å². The van der Waals surface area contributed by atoms with Gasteiger partial charge in [0.1, 0.15) is 5.56 Å². The molecule has 1 aliphatic rings. The van der Waals surface area contributed by atoms with E-state index in [2.05, 4.69) is 21.2 Å². The number of nitro groups is 1. The fourth-order valence-electron chi connectivity index (χ4n) is 2.03. The molecule has 6 heteroatoms. The second-order valence-electron chi connectivity index (χ2n) is 4.50. The third-order valence-electron chi connectivity index (χ3n) is 3.29. The minimum Gasteiger partial charge on any atom is -0.346 e. The smallest absolute Gasteiger partial charge is 0.282 e. The number of hydrogen-bond acceptors (Lipinski definition) is 3. The lowest BCUT2D eigenvalue weighted by atomic mass is 9.78. The molecule has 0 radical (unpaired) electrons. The van der Waals surface area contributed by atoms with Crippen molar-refractivity contribution in [2.24, 2.45) is 0 Å². The van der Waals surface area contributed by atoms with E-state index in [0.717, 1.165) is 19.3 Å². The van der Waals surface area contributed by atoms with Crippen LogP contribution in [0.15, 0.2) is 24.3 Å². The summed E-state index contributed by atoms with van der Waals surface area (Å²) in [4.78, 5) is 22.4. The summed E-state index contributed by atoms with van der Waals surface area (Å²) in [6.07, 6.45) is 2.89. The van der Waals surface area contributed by atoms with Gasteiger partial charge in [-0.15, -0.1) is 0 Å². The third-order valence-corrected chi connectivity index (χ3v) is 4.36. The Bertz CT molecular complexity index is 480. The first-order valence-electron chi connectivity index (χ1n) is 5.70. The van der Waals surface area contributed by atoms with Crippen LogP contribution >= 0.6 is 15.9 Å². The maximum Gasteiger partial charge on any atom is 0.282 e. The minimum atomic E-state index is -0.531. The molecule has 0 aliphatic heterocycles. The molecule has 0 heterocycles. The average Bonchev–Trinajstić information content (AvgIpc) is 2.33. The maximum atomic E-state index is 12.1. The van der Waals surface area contributed by atoms with E-state index in [1.54, 1.807) is 12.1 Å². The number of carbonyl (C=O) groups excluding carboxylic acids is 1. The van der Waals surface area contributed by atoms with Gasteiger partial charge in [-0.3, -0.25) is 14.9 Å². The number of alkyl halides is 1. The van der Waals surface area contributed by atoms with Gasteiger partial charge in [0.2, 0.25) is 0 Å². The van der Waals surface area contributed by atoms with Gasteiger partial charge in [0.15, 0.2) is 0 Å². The van der Waals surface area contributed by atoms with Crippen LogP contribution in [0.3, 0.4) is 0 Å². The summed E-state index contributed by atoms with van der Waals surface area (Å²) in [6.45, 7) is 0. The number of carbonyl (C=O) groups is 1. The van der Waals surface area contributed by atoms with Crippen molar-refractivity contribution in [3.8, 4) is 0 Å². The Morgan fingerprint density at radius 2 is 2.11 bits per heavy atom. The Hall–Kier alpha value is -1.43. The second-order valence-corrected chi connectivity index (χ2v) is 5.06. The molecular weight excluding hydrogens is 300 g/mol. The predicted molar refractivity (Wildman–Crippen MR) is 70.9 cm³/mol. The van der Waals surface area contributed by atoms with Crippen molar-refractivity contribution in [1.82, 2.24) is 5.32 Å². The molecular formula is C12H13BrN2O3. The van der Waals surface area contributed by atoms with Crippen LogP contribution in [0.1, 0.15) is 29.6 Å². The standard InChI is InChI=1S/C12H13BrN2O3/c13-8-12(6-3-7-12)14-11(16)9-4-1-2-5-10(9)15(17)18/h1-2,4-5H,3,6-8H2,(H,14,16). The normalized spacial score (nSPS) is 16.7. The molecule has 1 aliphatic carbocycles. The Labute approximate surface area is 113 Å². The summed E-state index contributed by atoms with van der Waals surface area (Å²) >= 11 is 3.38. The van der Waals surface area contributed by atoms with Crippen LogP contribution in [0.2, 0.25) is 0 Å². The Balaban J connectivity index is 2.21. The van der Waals surface area contributed by atoms with Crippen LogP contribution < -0.4 is 5.32 Å². The van der Waals surface area contributed by atoms with Crippen LogP contribution in [-0.4, -0.2) is 21.7 Å². The Morgan fingerprint density at radius 3 is 2.61 bits per heavy atom. The highest BCUT2D eigenvalue weighted by atomic mass is 79.9. The second kappa shape index (κ2) is 5.06. The SMILES string of the molecule is O=C(NC1(CBr)CCC1)c1ccccc1[N+](=O)[O-]. The summed E-state index contributed by atoms with van der Waals surface area (Å²) in [5.74, 6) is -0.374. The predicted octanol–water partition coefficient (Wildman–Crippen LogP) is 2.64. The number of para-hydroxylation sites is 1. The van der Waals surface area contributed by atoms with E-state index in [9.17, 15) is 14.9 Å². The number of nitro benzene ring substituents is 1. The van der Waals surface area contributed by atoms with E-state index in [0.29, 0.717) is 5.33 Å². The Morgan fingerprint density at radius 1 is 1.44 bits per heavy atom. The van der Waals surface area contributed by atoms with Crippen LogP contribution in [0.4, 0.5) is 5.69 Å². The molecule has 2 rings (SSSR count). The van der Waals surface area contributed by atoms with E-state index < -0.39 is 4.92 Å². The van der Waals surface area contributed by atoms with Gasteiger partial charge in [-0.1, -0.05) is 28.1 Å². The zero-order valence-electron chi connectivity index (χ0n) is 9.69. The lowest BCUT2D eigenvalue weighted by molar-refractivity contribution is -0.385. The van der Waals surface area contributed by atoms with Gasteiger partial charge >= 0.3 is 0 Å². The molecule has 0 atom stereocenters. The first-order valence-corrected chi connectivity index (χ1v) is 6.82. The molecule has 1 fully saturated rings. The fraction of sp³-hybridized carbons (Fsp3) is 0.417. The number of rotatable bonds is 4. The maximum absolute atomic E-state index is 12.1. The molecule has 5 nitrogen and oxygen atoms in total. The molecule has 1 amide bonds. The minimum absolute atomic E-state index is 0.120. The number of hydrogen-bond donors (Lipinski definition) is 1. The first-order chi connectivity index (χ1) is 8.58. The van der Waals surface area contributed by atoms with Gasteiger partial charge in [0.05, 0.1) is 10.5 Å². The number of amides is 1. The quantitative estimate of drug-likeness (QED) is 0.527. The monoisotopic (exact) mass is 312 g/mol. The molecule has 0 unspecified atom stereocenters. The van der Waals surface area contributed by atoms with Crippen LogP contribution in [0.5, 0.6) is 0 Å². The van der Waals surface area contributed by atoms with Gasteiger partial charge in [-0.2, -0.15) is 0 Å². The molecule has 96 valence electrons. The molecule has 0 spiro atoms. The van der Waals surface area contributed by atoms with Crippen LogP contribution in [0, 0.1) is 10.1 Å². The van der Waals surface area contributed by atoms with Crippen LogP contribution in [0.25, 0.3) is 0 Å². The van der Waals surface area contributed by atoms with Crippen molar-refractivity contribution in [3.63, 3.8) is 0 Å². The average molecular weight is 313 g/mol. The highest BCUT2D eigenvalue weighted by Gasteiger charge is 2.38. The molecule has 0 saturated heterocycles. The highest BCUT2D eigenvalue weighted by molar-refractivity contribution is 9.09. The largest absolute Gasteiger partial charge is 0.346 e. The van der Waals surface area contributed by atoms with Gasteiger partial charge in [0, 0.05) is 11.4 Å². The van der Waals surface area contributed by atoms with Crippen molar-refractivity contribution >= 4 is 27.5 Å². The first kappa shape index (κ1) is 13.0. The van der Waals surface area contributed by atoms with Gasteiger partial charge < -0.3 is 5.32 Å². The van der Waals surface area contributed by atoms with E-state index in [4.69, 9.17) is 0 Å². The number of benzene rings is 1. The van der Waals surface area contributed by atoms with Crippen molar-refractivity contribution in [1.29, 1.82) is 0 Å². The lowest BCUT2D eigenvalue weighted by Crippen LogP contribution is -2.54. The lowest BCUT2D eigenvalue weighted by Gasteiger charge is -2.41. The van der Waals surface area contributed by atoms with E-state index in [1.165, 1.54) is 12.1 Å². The summed E-state index contributed by atoms with van der Waals surface area (Å²) in [5.41, 5.74) is -0.269. The zero-order valence-corrected chi connectivity index (χ0v) is 11.3. The molecule has 1 aromatic carbocycles. The van der Waals surface area contributed by atoms with Crippen molar-refractivity contribution in [2.75, 3.05) is 5.33 Å². The van der Waals surface area contributed by atoms with E-state index in [1.807, 2.05) is 0 Å². The van der Waals surface area contributed by atoms with E-state index in [-0.39, 0.29) is 22.7 Å². The number of halogens is 1. The molecule has 1 N–H and O–H groups in total. The molecule has 0 aromatic heterocycles.